The van der Waals surface area contributed by atoms with Crippen LogP contribution in [0.25, 0.3) is 0 Å². The van der Waals surface area contributed by atoms with Crippen molar-refractivity contribution in [1.29, 1.82) is 0 Å². The smallest absolute Gasteiger partial charge is 0.214 e. The Morgan fingerprint density at radius 3 is 2.76 bits per heavy atom. The van der Waals surface area contributed by atoms with E-state index in [4.69, 9.17) is 4.74 Å². The Balaban J connectivity index is 2.26. The first-order valence-electron chi connectivity index (χ1n) is 5.21. The number of pyridine rings is 1. The average molecular weight is 259 g/mol. The van der Waals surface area contributed by atoms with Gasteiger partial charge >= 0.3 is 0 Å². The van der Waals surface area contributed by atoms with Gasteiger partial charge in [-0.1, -0.05) is 6.07 Å². The highest BCUT2D eigenvalue weighted by atomic mass is 32.2. The Morgan fingerprint density at radius 2 is 2.12 bits per heavy atom. The molecule has 6 nitrogen and oxygen atoms in total. The molecule has 0 aliphatic rings. The predicted molar refractivity (Wildman–Crippen MR) is 66.7 cm³/mol. The Hall–Kier alpha value is -1.34. The van der Waals surface area contributed by atoms with Crippen LogP contribution in [0.5, 0.6) is 5.88 Å². The maximum atomic E-state index is 10.8. The standard InChI is InChI=1S/C10H17N3O3S/c1-16-10-6-3-5-9(13-10)11-7-4-8-12-17(2,14)15/h3,5-6,12H,4,7-8H2,1-2H3,(H,11,13). The van der Waals surface area contributed by atoms with Gasteiger partial charge in [0, 0.05) is 19.2 Å². The second-order valence-corrected chi connectivity index (χ2v) is 5.35. The van der Waals surface area contributed by atoms with Gasteiger partial charge < -0.3 is 10.1 Å². The number of anilines is 1. The van der Waals surface area contributed by atoms with Crippen LogP contribution in [0, 0.1) is 0 Å². The zero-order valence-electron chi connectivity index (χ0n) is 9.93. The average Bonchev–Trinajstić information content (AvgIpc) is 2.27. The Morgan fingerprint density at radius 1 is 1.35 bits per heavy atom. The van der Waals surface area contributed by atoms with Crippen LogP contribution in [0.1, 0.15) is 6.42 Å². The third-order valence-electron chi connectivity index (χ3n) is 1.96. The maximum absolute atomic E-state index is 10.8. The van der Waals surface area contributed by atoms with Gasteiger partial charge in [0.25, 0.3) is 0 Å². The first kappa shape index (κ1) is 13.7. The summed E-state index contributed by atoms with van der Waals surface area (Å²) in [5.41, 5.74) is 0. The van der Waals surface area contributed by atoms with Crippen LogP contribution in [0.4, 0.5) is 5.82 Å². The van der Waals surface area contributed by atoms with Crippen molar-refractivity contribution in [3.05, 3.63) is 18.2 Å². The normalized spacial score (nSPS) is 11.2. The highest BCUT2D eigenvalue weighted by Gasteiger charge is 1.99. The Bertz CT molecular complexity index is 448. The van der Waals surface area contributed by atoms with Crippen molar-refractivity contribution in [3.8, 4) is 5.88 Å². The number of sulfonamides is 1. The lowest BCUT2D eigenvalue weighted by Gasteiger charge is -2.06. The molecule has 17 heavy (non-hydrogen) atoms. The van der Waals surface area contributed by atoms with Crippen LogP contribution < -0.4 is 14.8 Å². The number of rotatable bonds is 7. The first-order chi connectivity index (χ1) is 8.01. The molecular weight excluding hydrogens is 242 g/mol. The van der Waals surface area contributed by atoms with Gasteiger partial charge in [-0.2, -0.15) is 4.98 Å². The van der Waals surface area contributed by atoms with E-state index in [9.17, 15) is 8.42 Å². The molecule has 0 aliphatic heterocycles. The largest absolute Gasteiger partial charge is 0.481 e. The molecule has 0 fully saturated rings. The van der Waals surface area contributed by atoms with Crippen molar-refractivity contribution >= 4 is 15.8 Å². The molecule has 2 N–H and O–H groups in total. The number of ether oxygens (including phenoxy) is 1. The van der Waals surface area contributed by atoms with Crippen LogP contribution in [0.2, 0.25) is 0 Å². The highest BCUT2D eigenvalue weighted by Crippen LogP contribution is 2.10. The molecule has 0 aromatic carbocycles. The number of methoxy groups -OCH3 is 1. The lowest BCUT2D eigenvalue weighted by molar-refractivity contribution is 0.398. The summed E-state index contributed by atoms with van der Waals surface area (Å²) in [4.78, 5) is 4.17. The lowest BCUT2D eigenvalue weighted by atomic mass is 10.4. The van der Waals surface area contributed by atoms with E-state index in [1.807, 2.05) is 12.1 Å². The molecule has 0 aliphatic carbocycles. The summed E-state index contributed by atoms with van der Waals surface area (Å²) in [7, 11) is -1.54. The summed E-state index contributed by atoms with van der Waals surface area (Å²) in [6.07, 6.45) is 1.83. The van der Waals surface area contributed by atoms with Crippen molar-refractivity contribution in [1.82, 2.24) is 9.71 Å². The van der Waals surface area contributed by atoms with Gasteiger partial charge in [-0.3, -0.25) is 0 Å². The third kappa shape index (κ3) is 6.08. The Labute approximate surface area is 101 Å². The minimum Gasteiger partial charge on any atom is -0.481 e. The van der Waals surface area contributed by atoms with Crippen LogP contribution >= 0.6 is 0 Å². The van der Waals surface area contributed by atoms with Gasteiger partial charge in [0.1, 0.15) is 5.82 Å². The van der Waals surface area contributed by atoms with Gasteiger partial charge in [-0.25, -0.2) is 13.1 Å². The molecule has 1 rings (SSSR count). The molecule has 1 heterocycles. The predicted octanol–water partition coefficient (Wildman–Crippen LogP) is 0.441. The second kappa shape index (κ2) is 6.41. The van der Waals surface area contributed by atoms with Gasteiger partial charge in [0.15, 0.2) is 0 Å². The number of hydrogen-bond acceptors (Lipinski definition) is 5. The molecule has 1 aromatic rings. The van der Waals surface area contributed by atoms with E-state index in [1.165, 1.54) is 0 Å². The SMILES string of the molecule is COc1cccc(NCCCNS(C)(=O)=O)n1. The summed E-state index contributed by atoms with van der Waals surface area (Å²) in [5.74, 6) is 1.26. The highest BCUT2D eigenvalue weighted by molar-refractivity contribution is 7.88. The molecule has 0 saturated carbocycles. The summed E-state index contributed by atoms with van der Waals surface area (Å²) in [5, 5.41) is 3.08. The molecule has 0 unspecified atom stereocenters. The van der Waals surface area contributed by atoms with Gasteiger partial charge in [0.05, 0.1) is 13.4 Å². The van der Waals surface area contributed by atoms with Crippen molar-refractivity contribution in [2.75, 3.05) is 31.8 Å². The molecule has 0 amide bonds. The van der Waals surface area contributed by atoms with Crippen molar-refractivity contribution < 1.29 is 13.2 Å². The van der Waals surface area contributed by atoms with Crippen LogP contribution in [-0.2, 0) is 10.0 Å². The topological polar surface area (TPSA) is 80.3 Å². The van der Waals surface area contributed by atoms with Crippen molar-refractivity contribution in [2.24, 2.45) is 0 Å². The van der Waals surface area contributed by atoms with Gasteiger partial charge in [-0.05, 0) is 12.5 Å². The minimum absolute atomic E-state index is 0.413. The lowest BCUT2D eigenvalue weighted by Crippen LogP contribution is -2.24. The van der Waals surface area contributed by atoms with Crippen LogP contribution in [0.3, 0.4) is 0 Å². The van der Waals surface area contributed by atoms with E-state index < -0.39 is 10.0 Å². The third-order valence-corrected chi connectivity index (χ3v) is 2.69. The fourth-order valence-electron chi connectivity index (χ4n) is 1.19. The summed E-state index contributed by atoms with van der Waals surface area (Å²) < 4.78 is 29.0. The molecule has 0 atom stereocenters. The summed E-state index contributed by atoms with van der Waals surface area (Å²) in [6, 6.07) is 5.42. The molecule has 0 bridgehead atoms. The second-order valence-electron chi connectivity index (χ2n) is 3.51. The molecule has 96 valence electrons. The number of nitrogens with one attached hydrogen (secondary N) is 2. The molecule has 7 heteroatoms. The number of nitrogens with zero attached hydrogens (tertiary/aromatic N) is 1. The number of aromatic nitrogens is 1. The molecule has 0 spiro atoms. The van der Waals surface area contributed by atoms with Gasteiger partial charge in [0.2, 0.25) is 15.9 Å². The van der Waals surface area contributed by atoms with Crippen LogP contribution in [-0.4, -0.2) is 39.9 Å². The molecule has 1 aromatic heterocycles. The monoisotopic (exact) mass is 259 g/mol. The minimum atomic E-state index is -3.09. The molecular formula is C10H17N3O3S. The summed E-state index contributed by atoms with van der Waals surface area (Å²) >= 11 is 0. The van der Waals surface area contributed by atoms with E-state index >= 15 is 0 Å². The zero-order valence-corrected chi connectivity index (χ0v) is 10.8. The zero-order chi connectivity index (χ0) is 12.7. The first-order valence-corrected chi connectivity index (χ1v) is 7.10. The van der Waals surface area contributed by atoms with Gasteiger partial charge in [-0.15, -0.1) is 0 Å². The van der Waals surface area contributed by atoms with E-state index in [1.54, 1.807) is 13.2 Å². The van der Waals surface area contributed by atoms with E-state index in [-0.39, 0.29) is 0 Å². The summed E-state index contributed by atoms with van der Waals surface area (Å²) in [6.45, 7) is 1.05. The van der Waals surface area contributed by atoms with Crippen LogP contribution in [0.15, 0.2) is 18.2 Å². The van der Waals surface area contributed by atoms with E-state index in [0.717, 1.165) is 6.26 Å². The maximum Gasteiger partial charge on any atom is 0.214 e. The quantitative estimate of drug-likeness (QED) is 0.695. The Kier molecular flexibility index (Phi) is 5.17. The number of hydrogen-bond donors (Lipinski definition) is 2. The van der Waals surface area contributed by atoms with Crippen molar-refractivity contribution in [2.45, 2.75) is 6.42 Å². The van der Waals surface area contributed by atoms with E-state index in [0.29, 0.717) is 31.2 Å². The fourth-order valence-corrected chi connectivity index (χ4v) is 1.70. The molecule has 0 saturated heterocycles. The molecule has 0 radical (unpaired) electrons. The fraction of sp³-hybridized carbons (Fsp3) is 0.500. The van der Waals surface area contributed by atoms with E-state index in [2.05, 4.69) is 15.0 Å². The van der Waals surface area contributed by atoms with Crippen molar-refractivity contribution in [3.63, 3.8) is 0 Å².